The van der Waals surface area contributed by atoms with E-state index in [9.17, 15) is 4.79 Å². The molecule has 0 aliphatic heterocycles. The molecule has 1 unspecified atom stereocenters. The van der Waals surface area contributed by atoms with Crippen LogP contribution in [0.2, 0.25) is 0 Å². The van der Waals surface area contributed by atoms with Gasteiger partial charge in [0, 0.05) is 25.5 Å². The standard InChI is InChI=1S/C11H18N2OS/c1-8(14)13(5)9(11(2,3)4)10-12-6-7-15-10/h6-7,9H,1-5H3. The van der Waals surface area contributed by atoms with Crippen molar-refractivity contribution in [3.8, 4) is 0 Å². The van der Waals surface area contributed by atoms with E-state index in [2.05, 4.69) is 25.8 Å². The molecule has 1 aromatic rings. The number of carbonyl (C=O) groups excluding carboxylic acids is 1. The lowest BCUT2D eigenvalue weighted by molar-refractivity contribution is -0.131. The van der Waals surface area contributed by atoms with E-state index in [1.54, 1.807) is 29.4 Å². The summed E-state index contributed by atoms with van der Waals surface area (Å²) in [5, 5.41) is 2.95. The molecule has 0 aliphatic rings. The molecule has 4 heteroatoms. The van der Waals surface area contributed by atoms with Crippen molar-refractivity contribution in [2.45, 2.75) is 33.7 Å². The largest absolute Gasteiger partial charge is 0.336 e. The van der Waals surface area contributed by atoms with E-state index in [1.165, 1.54) is 0 Å². The Hall–Kier alpha value is -0.900. The number of hydrogen-bond donors (Lipinski definition) is 0. The SMILES string of the molecule is CC(=O)N(C)C(c1nccs1)C(C)(C)C. The Balaban J connectivity index is 3.05. The van der Waals surface area contributed by atoms with Crippen LogP contribution in [-0.2, 0) is 4.79 Å². The van der Waals surface area contributed by atoms with Crippen LogP contribution >= 0.6 is 11.3 Å². The molecule has 0 aliphatic carbocycles. The number of carbonyl (C=O) groups is 1. The van der Waals surface area contributed by atoms with Gasteiger partial charge in [-0.1, -0.05) is 20.8 Å². The van der Waals surface area contributed by atoms with Crippen LogP contribution in [0.1, 0.15) is 38.7 Å². The Morgan fingerprint density at radius 1 is 1.53 bits per heavy atom. The minimum absolute atomic E-state index is 0.00171. The van der Waals surface area contributed by atoms with E-state index in [1.807, 2.05) is 12.4 Å². The summed E-state index contributed by atoms with van der Waals surface area (Å²) < 4.78 is 0. The third kappa shape index (κ3) is 2.78. The molecule has 1 amide bonds. The molecular weight excluding hydrogens is 208 g/mol. The smallest absolute Gasteiger partial charge is 0.219 e. The summed E-state index contributed by atoms with van der Waals surface area (Å²) in [6.45, 7) is 7.96. The Kier molecular flexibility index (Phi) is 3.50. The highest BCUT2D eigenvalue weighted by Crippen LogP contribution is 2.37. The van der Waals surface area contributed by atoms with Crippen molar-refractivity contribution in [1.29, 1.82) is 0 Å². The molecule has 1 rings (SSSR count). The zero-order chi connectivity index (χ0) is 11.6. The van der Waals surface area contributed by atoms with Crippen molar-refractivity contribution < 1.29 is 4.79 Å². The van der Waals surface area contributed by atoms with Gasteiger partial charge in [0.1, 0.15) is 5.01 Å². The highest BCUT2D eigenvalue weighted by molar-refractivity contribution is 7.09. The number of aromatic nitrogens is 1. The van der Waals surface area contributed by atoms with Crippen LogP contribution in [0.3, 0.4) is 0 Å². The van der Waals surface area contributed by atoms with Crippen molar-refractivity contribution in [1.82, 2.24) is 9.88 Å². The van der Waals surface area contributed by atoms with Crippen LogP contribution in [0.5, 0.6) is 0 Å². The van der Waals surface area contributed by atoms with Crippen LogP contribution < -0.4 is 0 Å². The topological polar surface area (TPSA) is 33.2 Å². The molecule has 0 N–H and O–H groups in total. The summed E-state index contributed by atoms with van der Waals surface area (Å²) in [5.41, 5.74) is -0.00171. The lowest BCUT2D eigenvalue weighted by Crippen LogP contribution is -2.37. The maximum Gasteiger partial charge on any atom is 0.219 e. The van der Waals surface area contributed by atoms with Gasteiger partial charge in [0.15, 0.2) is 0 Å². The number of nitrogens with zero attached hydrogens (tertiary/aromatic N) is 2. The molecule has 0 saturated heterocycles. The molecule has 1 heterocycles. The van der Waals surface area contributed by atoms with Crippen molar-refractivity contribution in [2.24, 2.45) is 5.41 Å². The highest BCUT2D eigenvalue weighted by atomic mass is 32.1. The van der Waals surface area contributed by atoms with E-state index in [4.69, 9.17) is 0 Å². The van der Waals surface area contributed by atoms with Gasteiger partial charge in [-0.3, -0.25) is 4.79 Å². The van der Waals surface area contributed by atoms with Gasteiger partial charge in [-0.05, 0) is 5.41 Å². The summed E-state index contributed by atoms with van der Waals surface area (Å²) in [7, 11) is 1.83. The Labute approximate surface area is 95.1 Å². The van der Waals surface area contributed by atoms with Crippen LogP contribution in [0, 0.1) is 5.41 Å². The molecule has 3 nitrogen and oxygen atoms in total. The van der Waals surface area contributed by atoms with Crippen molar-refractivity contribution in [2.75, 3.05) is 7.05 Å². The van der Waals surface area contributed by atoms with Gasteiger partial charge < -0.3 is 4.90 Å². The Morgan fingerprint density at radius 2 is 2.13 bits per heavy atom. The minimum atomic E-state index is -0.00171. The van der Waals surface area contributed by atoms with E-state index >= 15 is 0 Å². The fraction of sp³-hybridized carbons (Fsp3) is 0.636. The molecule has 84 valence electrons. The predicted molar refractivity (Wildman–Crippen MR) is 62.8 cm³/mol. The summed E-state index contributed by atoms with van der Waals surface area (Å²) in [4.78, 5) is 17.5. The Bertz CT molecular complexity index is 327. The van der Waals surface area contributed by atoms with E-state index in [-0.39, 0.29) is 17.4 Å². The molecule has 0 bridgehead atoms. The zero-order valence-electron chi connectivity index (χ0n) is 9.94. The average Bonchev–Trinajstić information content (AvgIpc) is 2.54. The molecule has 0 saturated carbocycles. The quantitative estimate of drug-likeness (QED) is 0.777. The second-order valence-corrected chi connectivity index (χ2v) is 5.69. The van der Waals surface area contributed by atoms with E-state index in [0.717, 1.165) is 5.01 Å². The lowest BCUT2D eigenvalue weighted by Gasteiger charge is -2.36. The van der Waals surface area contributed by atoms with Crippen molar-refractivity contribution >= 4 is 17.2 Å². The van der Waals surface area contributed by atoms with Crippen LogP contribution in [0.4, 0.5) is 0 Å². The van der Waals surface area contributed by atoms with Crippen molar-refractivity contribution in [3.05, 3.63) is 16.6 Å². The lowest BCUT2D eigenvalue weighted by atomic mass is 9.86. The fourth-order valence-electron chi connectivity index (χ4n) is 1.67. The first-order valence-electron chi connectivity index (χ1n) is 4.97. The van der Waals surface area contributed by atoms with Gasteiger partial charge >= 0.3 is 0 Å². The normalized spacial score (nSPS) is 13.7. The predicted octanol–water partition coefficient (Wildman–Crippen LogP) is 2.71. The molecule has 1 atom stereocenters. The molecule has 0 spiro atoms. The molecule has 0 radical (unpaired) electrons. The van der Waals surface area contributed by atoms with Gasteiger partial charge in [-0.25, -0.2) is 4.98 Å². The summed E-state index contributed by atoms with van der Waals surface area (Å²) in [6, 6.07) is 0.0509. The van der Waals surface area contributed by atoms with Gasteiger partial charge in [0.2, 0.25) is 5.91 Å². The molecule has 15 heavy (non-hydrogen) atoms. The summed E-state index contributed by atoms with van der Waals surface area (Å²) >= 11 is 1.60. The highest BCUT2D eigenvalue weighted by Gasteiger charge is 2.33. The van der Waals surface area contributed by atoms with Gasteiger partial charge in [0.05, 0.1) is 6.04 Å². The third-order valence-electron chi connectivity index (χ3n) is 2.39. The maximum atomic E-state index is 11.4. The zero-order valence-corrected chi connectivity index (χ0v) is 10.8. The fourth-order valence-corrected chi connectivity index (χ4v) is 2.69. The second kappa shape index (κ2) is 4.31. The van der Waals surface area contributed by atoms with Gasteiger partial charge in [-0.2, -0.15) is 0 Å². The number of amides is 1. The first-order chi connectivity index (χ1) is 6.84. The van der Waals surface area contributed by atoms with Crippen molar-refractivity contribution in [3.63, 3.8) is 0 Å². The Morgan fingerprint density at radius 3 is 2.47 bits per heavy atom. The van der Waals surface area contributed by atoms with Crippen LogP contribution in [0.25, 0.3) is 0 Å². The number of rotatable bonds is 2. The molecule has 1 aromatic heterocycles. The first-order valence-corrected chi connectivity index (χ1v) is 5.85. The minimum Gasteiger partial charge on any atom is -0.336 e. The monoisotopic (exact) mass is 226 g/mol. The molecular formula is C11H18N2OS. The second-order valence-electron chi connectivity index (χ2n) is 4.77. The van der Waals surface area contributed by atoms with Crippen LogP contribution in [-0.4, -0.2) is 22.8 Å². The molecule has 0 aromatic carbocycles. The van der Waals surface area contributed by atoms with E-state index in [0.29, 0.717) is 0 Å². The third-order valence-corrected chi connectivity index (χ3v) is 3.22. The van der Waals surface area contributed by atoms with Gasteiger partial charge in [-0.15, -0.1) is 11.3 Å². The number of hydrogen-bond acceptors (Lipinski definition) is 3. The first kappa shape index (κ1) is 12.2. The van der Waals surface area contributed by atoms with E-state index < -0.39 is 0 Å². The maximum absolute atomic E-state index is 11.4. The summed E-state index contributed by atoms with van der Waals surface area (Å²) in [6.07, 6.45) is 1.78. The average molecular weight is 226 g/mol. The van der Waals surface area contributed by atoms with Gasteiger partial charge in [0.25, 0.3) is 0 Å². The summed E-state index contributed by atoms with van der Waals surface area (Å²) in [5.74, 6) is 0.0742. The number of thiazole rings is 1. The van der Waals surface area contributed by atoms with Crippen LogP contribution in [0.15, 0.2) is 11.6 Å². The molecule has 0 fully saturated rings.